The summed E-state index contributed by atoms with van der Waals surface area (Å²) in [6.07, 6.45) is 3.56. The number of ether oxygens (including phenoxy) is 1. The molecule has 0 fully saturated rings. The van der Waals surface area contributed by atoms with E-state index in [2.05, 4.69) is 19.2 Å². The number of benzene rings is 1. The van der Waals surface area contributed by atoms with Gasteiger partial charge in [0, 0.05) is 10.6 Å². The molecular weight excluding hydrogens is 358 g/mol. The Bertz CT molecular complexity index is 830. The van der Waals surface area contributed by atoms with Crippen LogP contribution in [0.3, 0.4) is 0 Å². The molecule has 0 aliphatic heterocycles. The summed E-state index contributed by atoms with van der Waals surface area (Å²) in [5, 5.41) is 2.95. The minimum absolute atomic E-state index is 0.287. The summed E-state index contributed by atoms with van der Waals surface area (Å²) in [5.41, 5.74) is 4.15. The highest BCUT2D eigenvalue weighted by Gasteiger charge is 2.23. The first kappa shape index (κ1) is 19.6. The number of anilines is 1. The first-order chi connectivity index (χ1) is 12.9. The van der Waals surface area contributed by atoms with Gasteiger partial charge in [0.05, 0.1) is 0 Å². The first-order valence-electron chi connectivity index (χ1n) is 9.59. The van der Waals surface area contributed by atoms with Crippen molar-refractivity contribution in [3.63, 3.8) is 0 Å². The second-order valence-electron chi connectivity index (χ2n) is 7.50. The molecule has 0 saturated carbocycles. The van der Waals surface area contributed by atoms with Gasteiger partial charge in [-0.3, -0.25) is 4.79 Å². The highest BCUT2D eigenvalue weighted by molar-refractivity contribution is 7.14. The average Bonchev–Trinajstić information content (AvgIpc) is 3.07. The second-order valence-corrected chi connectivity index (χ2v) is 8.63. The summed E-state index contributed by atoms with van der Waals surface area (Å²) in [6.45, 7) is 7.77. The predicted octanol–water partition coefficient (Wildman–Crippen LogP) is 5.24. The van der Waals surface area contributed by atoms with E-state index in [0.29, 0.717) is 4.88 Å². The number of fused-ring (bicyclic) bond motifs is 1. The van der Waals surface area contributed by atoms with Gasteiger partial charge in [-0.1, -0.05) is 32.0 Å². The zero-order valence-corrected chi connectivity index (χ0v) is 17.2. The Kier molecular flexibility index (Phi) is 6.00. The molecule has 27 heavy (non-hydrogen) atoms. The standard InChI is InChI=1S/C22H27NO3S/c1-13(2)17-10-7-8-14(3)20(17)23-21(24)15(4)26-22(25)19-12-16-9-5-6-11-18(16)27-19/h7-8,10,12-13,15H,5-6,9,11H2,1-4H3,(H,23,24)/t15-/m0/s1. The van der Waals surface area contributed by atoms with Crippen molar-refractivity contribution in [3.8, 4) is 0 Å². The normalized spacial score (nSPS) is 14.6. The Labute approximate surface area is 164 Å². The number of carbonyl (C=O) groups excluding carboxylic acids is 2. The lowest BCUT2D eigenvalue weighted by Crippen LogP contribution is -2.30. The topological polar surface area (TPSA) is 55.4 Å². The maximum atomic E-state index is 12.6. The summed E-state index contributed by atoms with van der Waals surface area (Å²) in [4.78, 5) is 27.0. The van der Waals surface area contributed by atoms with Gasteiger partial charge in [0.15, 0.2) is 6.10 Å². The number of para-hydroxylation sites is 1. The molecule has 0 radical (unpaired) electrons. The van der Waals surface area contributed by atoms with Crippen LogP contribution in [-0.4, -0.2) is 18.0 Å². The molecule has 3 rings (SSSR count). The van der Waals surface area contributed by atoms with Crippen LogP contribution in [0.5, 0.6) is 0 Å². The second kappa shape index (κ2) is 8.26. The Hall–Kier alpha value is -2.14. The van der Waals surface area contributed by atoms with Crippen molar-refractivity contribution in [2.45, 2.75) is 65.4 Å². The molecule has 0 saturated heterocycles. The number of amides is 1. The fraction of sp³-hybridized carbons (Fsp3) is 0.455. The molecule has 0 spiro atoms. The molecule has 1 amide bonds. The molecule has 0 bridgehead atoms. The number of hydrogen-bond donors (Lipinski definition) is 1. The van der Waals surface area contributed by atoms with Gasteiger partial charge in [-0.25, -0.2) is 4.79 Å². The molecule has 4 nitrogen and oxygen atoms in total. The van der Waals surface area contributed by atoms with E-state index in [9.17, 15) is 9.59 Å². The van der Waals surface area contributed by atoms with Crippen molar-refractivity contribution in [2.24, 2.45) is 0 Å². The van der Waals surface area contributed by atoms with E-state index >= 15 is 0 Å². The zero-order chi connectivity index (χ0) is 19.6. The Balaban J connectivity index is 1.68. The molecule has 1 heterocycles. The lowest BCUT2D eigenvalue weighted by molar-refractivity contribution is -0.123. The van der Waals surface area contributed by atoms with E-state index in [-0.39, 0.29) is 11.8 Å². The Morgan fingerprint density at radius 3 is 2.59 bits per heavy atom. The molecular formula is C22H27NO3S. The van der Waals surface area contributed by atoms with E-state index in [1.54, 1.807) is 6.92 Å². The quantitative estimate of drug-likeness (QED) is 0.716. The van der Waals surface area contributed by atoms with Crippen LogP contribution in [0.1, 0.15) is 70.8 Å². The highest BCUT2D eigenvalue weighted by Crippen LogP contribution is 2.31. The van der Waals surface area contributed by atoms with Crippen molar-refractivity contribution in [1.82, 2.24) is 0 Å². The van der Waals surface area contributed by atoms with Gasteiger partial charge in [0.2, 0.25) is 0 Å². The predicted molar refractivity (Wildman–Crippen MR) is 110 cm³/mol. The number of aryl methyl sites for hydroxylation is 3. The SMILES string of the molecule is Cc1cccc(C(C)C)c1NC(=O)[C@H](C)OC(=O)c1cc2c(s1)CCCC2. The number of nitrogens with one attached hydrogen (secondary N) is 1. The lowest BCUT2D eigenvalue weighted by Gasteiger charge is -2.18. The molecule has 1 aliphatic carbocycles. The minimum Gasteiger partial charge on any atom is -0.448 e. The first-order valence-corrected chi connectivity index (χ1v) is 10.4. The van der Waals surface area contributed by atoms with Crippen LogP contribution in [0, 0.1) is 6.92 Å². The van der Waals surface area contributed by atoms with Gasteiger partial charge in [0.1, 0.15) is 4.88 Å². The molecule has 1 aromatic heterocycles. The molecule has 1 atom stereocenters. The number of esters is 1. The molecule has 144 valence electrons. The fourth-order valence-corrected chi connectivity index (χ4v) is 4.57. The van der Waals surface area contributed by atoms with Crippen LogP contribution < -0.4 is 5.32 Å². The zero-order valence-electron chi connectivity index (χ0n) is 16.4. The minimum atomic E-state index is -0.851. The van der Waals surface area contributed by atoms with Crippen molar-refractivity contribution in [2.75, 3.05) is 5.32 Å². The largest absolute Gasteiger partial charge is 0.448 e. The van der Waals surface area contributed by atoms with Crippen LogP contribution in [0.2, 0.25) is 0 Å². The van der Waals surface area contributed by atoms with Crippen LogP contribution >= 0.6 is 11.3 Å². The van der Waals surface area contributed by atoms with Gasteiger partial charge < -0.3 is 10.1 Å². The van der Waals surface area contributed by atoms with Gasteiger partial charge >= 0.3 is 5.97 Å². The van der Waals surface area contributed by atoms with Crippen molar-refractivity contribution in [3.05, 3.63) is 50.7 Å². The van der Waals surface area contributed by atoms with Crippen LogP contribution in [-0.2, 0) is 22.4 Å². The van der Waals surface area contributed by atoms with Gasteiger partial charge in [-0.05, 0) is 68.2 Å². The highest BCUT2D eigenvalue weighted by atomic mass is 32.1. The summed E-state index contributed by atoms with van der Waals surface area (Å²) >= 11 is 1.50. The Morgan fingerprint density at radius 1 is 1.15 bits per heavy atom. The number of rotatable bonds is 5. The van der Waals surface area contributed by atoms with E-state index in [4.69, 9.17) is 4.74 Å². The lowest BCUT2D eigenvalue weighted by atomic mass is 9.98. The van der Waals surface area contributed by atoms with Gasteiger partial charge in [-0.15, -0.1) is 11.3 Å². The Morgan fingerprint density at radius 2 is 1.89 bits per heavy atom. The average molecular weight is 386 g/mol. The van der Waals surface area contributed by atoms with E-state index < -0.39 is 12.1 Å². The third-order valence-electron chi connectivity index (χ3n) is 5.03. The summed E-state index contributed by atoms with van der Waals surface area (Å²) in [7, 11) is 0. The summed E-state index contributed by atoms with van der Waals surface area (Å²) in [5.74, 6) is -0.428. The molecule has 5 heteroatoms. The molecule has 2 aromatic rings. The van der Waals surface area contributed by atoms with Gasteiger partial charge in [0.25, 0.3) is 5.91 Å². The number of hydrogen-bond acceptors (Lipinski definition) is 4. The van der Waals surface area contributed by atoms with E-state index in [1.165, 1.54) is 34.6 Å². The number of carbonyl (C=O) groups is 2. The van der Waals surface area contributed by atoms with Crippen LogP contribution in [0.4, 0.5) is 5.69 Å². The third-order valence-corrected chi connectivity index (χ3v) is 6.24. The summed E-state index contributed by atoms with van der Waals surface area (Å²) in [6, 6.07) is 7.90. The molecule has 0 unspecified atom stereocenters. The van der Waals surface area contributed by atoms with Gasteiger partial charge in [-0.2, -0.15) is 0 Å². The van der Waals surface area contributed by atoms with Crippen LogP contribution in [0.15, 0.2) is 24.3 Å². The van der Waals surface area contributed by atoms with E-state index in [0.717, 1.165) is 29.7 Å². The smallest absolute Gasteiger partial charge is 0.349 e. The maximum absolute atomic E-state index is 12.6. The molecule has 1 aliphatic rings. The monoisotopic (exact) mass is 385 g/mol. The molecule has 1 N–H and O–H groups in total. The van der Waals surface area contributed by atoms with Crippen LogP contribution in [0.25, 0.3) is 0 Å². The van der Waals surface area contributed by atoms with Crippen molar-refractivity contribution >= 4 is 28.9 Å². The van der Waals surface area contributed by atoms with Crippen molar-refractivity contribution < 1.29 is 14.3 Å². The van der Waals surface area contributed by atoms with Crippen molar-refractivity contribution in [1.29, 1.82) is 0 Å². The molecule has 1 aromatic carbocycles. The maximum Gasteiger partial charge on any atom is 0.349 e. The third kappa shape index (κ3) is 4.41. The number of thiophene rings is 1. The van der Waals surface area contributed by atoms with E-state index in [1.807, 2.05) is 31.2 Å². The summed E-state index contributed by atoms with van der Waals surface area (Å²) < 4.78 is 5.45. The fourth-order valence-electron chi connectivity index (χ4n) is 3.43.